The van der Waals surface area contributed by atoms with Gasteiger partial charge in [-0.1, -0.05) is 43.5 Å². The lowest BCUT2D eigenvalue weighted by Gasteiger charge is -2.42. The highest BCUT2D eigenvalue weighted by atomic mass is 16.5. The molecule has 2 aliphatic heterocycles. The molecule has 0 radical (unpaired) electrons. The molecule has 1 aromatic heterocycles. The van der Waals surface area contributed by atoms with E-state index in [1.807, 2.05) is 36.1 Å². The molecule has 184 valence electrons. The predicted molar refractivity (Wildman–Crippen MR) is 128 cm³/mol. The van der Waals surface area contributed by atoms with Crippen molar-refractivity contribution in [3.8, 4) is 5.75 Å². The first kappa shape index (κ1) is 24.2. The third-order valence-corrected chi connectivity index (χ3v) is 7.17. The number of hydrogen-bond acceptors (Lipinski definition) is 6. The molecule has 1 aromatic carbocycles. The van der Waals surface area contributed by atoms with Gasteiger partial charge in [0.15, 0.2) is 5.82 Å². The predicted octanol–water partition coefficient (Wildman–Crippen LogP) is 3.95. The van der Waals surface area contributed by atoms with Crippen LogP contribution in [-0.4, -0.2) is 53.1 Å². The molecule has 1 saturated heterocycles. The van der Waals surface area contributed by atoms with Crippen molar-refractivity contribution in [3.63, 3.8) is 0 Å². The second-order valence-corrected chi connectivity index (χ2v) is 9.53. The number of fused-ring (bicyclic) bond motifs is 1. The maximum atomic E-state index is 13.0. The number of piperidine rings is 1. The summed E-state index contributed by atoms with van der Waals surface area (Å²) >= 11 is 0. The molecular formula is C26H36N4O4. The molecule has 2 aromatic rings. The highest BCUT2D eigenvalue weighted by Crippen LogP contribution is 2.37. The monoisotopic (exact) mass is 468 g/mol. The van der Waals surface area contributed by atoms with Crippen LogP contribution in [0.5, 0.6) is 5.75 Å². The lowest BCUT2D eigenvalue weighted by Crippen LogP contribution is -2.48. The Morgan fingerprint density at radius 2 is 1.91 bits per heavy atom. The van der Waals surface area contributed by atoms with Crippen molar-refractivity contribution < 1.29 is 18.8 Å². The zero-order chi connectivity index (χ0) is 23.8. The van der Waals surface area contributed by atoms with Gasteiger partial charge in [0, 0.05) is 38.9 Å². The number of nitrogens with one attached hydrogen (secondary N) is 1. The Balaban J connectivity index is 1.35. The summed E-state index contributed by atoms with van der Waals surface area (Å²) in [6.45, 7) is 4.68. The van der Waals surface area contributed by atoms with Crippen LogP contribution in [0, 0.1) is 5.41 Å². The minimum Gasteiger partial charge on any atom is -0.493 e. The highest BCUT2D eigenvalue weighted by Gasteiger charge is 2.36. The van der Waals surface area contributed by atoms with Crippen LogP contribution in [0.4, 0.5) is 0 Å². The van der Waals surface area contributed by atoms with Gasteiger partial charge in [-0.2, -0.15) is 4.98 Å². The average molecular weight is 469 g/mol. The Morgan fingerprint density at radius 1 is 1.12 bits per heavy atom. The first-order valence-corrected chi connectivity index (χ1v) is 12.7. The molecule has 4 rings (SSSR count). The van der Waals surface area contributed by atoms with Gasteiger partial charge in [-0.25, -0.2) is 0 Å². The van der Waals surface area contributed by atoms with Crippen LogP contribution in [0.1, 0.15) is 80.4 Å². The topological polar surface area (TPSA) is 97.6 Å². The number of para-hydroxylation sites is 1. The van der Waals surface area contributed by atoms with Gasteiger partial charge in [0.25, 0.3) is 5.91 Å². The first-order chi connectivity index (χ1) is 16.6. The second-order valence-electron chi connectivity index (χ2n) is 9.53. The zero-order valence-electron chi connectivity index (χ0n) is 20.2. The summed E-state index contributed by atoms with van der Waals surface area (Å²) < 4.78 is 11.1. The average Bonchev–Trinajstić information content (AvgIpc) is 3.34. The third kappa shape index (κ3) is 6.15. The van der Waals surface area contributed by atoms with E-state index in [4.69, 9.17) is 9.26 Å². The van der Waals surface area contributed by atoms with E-state index < -0.39 is 0 Å². The Bertz CT molecular complexity index is 965. The van der Waals surface area contributed by atoms with E-state index in [1.54, 1.807) is 0 Å². The van der Waals surface area contributed by atoms with Crippen LogP contribution in [0.3, 0.4) is 0 Å². The fraction of sp³-hybridized carbons (Fsp3) is 0.615. The van der Waals surface area contributed by atoms with Gasteiger partial charge >= 0.3 is 0 Å². The Labute approximate surface area is 201 Å². The first-order valence-electron chi connectivity index (χ1n) is 12.7. The number of rotatable bonds is 4. The fourth-order valence-electron chi connectivity index (χ4n) is 4.93. The summed E-state index contributed by atoms with van der Waals surface area (Å²) in [5.74, 6) is 1.91. The molecule has 34 heavy (non-hydrogen) atoms. The van der Waals surface area contributed by atoms with Gasteiger partial charge in [-0.15, -0.1) is 0 Å². The van der Waals surface area contributed by atoms with E-state index in [9.17, 15) is 9.59 Å². The fourth-order valence-corrected chi connectivity index (χ4v) is 4.93. The molecule has 3 heterocycles. The molecule has 8 nitrogen and oxygen atoms in total. The Morgan fingerprint density at radius 3 is 2.71 bits per heavy atom. The van der Waals surface area contributed by atoms with Crippen LogP contribution < -0.4 is 10.1 Å². The molecule has 1 N–H and O–H groups in total. The summed E-state index contributed by atoms with van der Waals surface area (Å²) in [5, 5.41) is 7.08. The summed E-state index contributed by atoms with van der Waals surface area (Å²) in [6, 6.07) is 7.47. The number of carbonyl (C=O) groups excluding carboxylic acids is 2. The Hall–Kier alpha value is -2.90. The molecule has 0 aliphatic carbocycles. The quantitative estimate of drug-likeness (QED) is 0.730. The van der Waals surface area contributed by atoms with Crippen molar-refractivity contribution in [1.82, 2.24) is 20.4 Å². The Kier molecular flexibility index (Phi) is 8.19. The van der Waals surface area contributed by atoms with Crippen LogP contribution in [0.15, 0.2) is 28.8 Å². The molecule has 0 saturated carbocycles. The molecule has 1 spiro atoms. The number of hydrogen-bond donors (Lipinski definition) is 1. The van der Waals surface area contributed by atoms with E-state index in [-0.39, 0.29) is 17.2 Å². The molecular weight excluding hydrogens is 432 g/mol. The number of likely N-dealkylation sites (tertiary alicyclic amines) is 1. The third-order valence-electron chi connectivity index (χ3n) is 7.17. The lowest BCUT2D eigenvalue weighted by atomic mass is 9.74. The van der Waals surface area contributed by atoms with Crippen LogP contribution in [0.25, 0.3) is 0 Å². The van der Waals surface area contributed by atoms with E-state index in [0.29, 0.717) is 49.0 Å². The smallest absolute Gasteiger partial charge is 0.255 e. The number of amides is 2. The SMILES string of the molecule is CCc1noc(CCC(=O)N2CCC3(CCCCCCOc4ccccc4C(=O)NC3)CC2)n1. The minimum atomic E-state index is -0.0845. The van der Waals surface area contributed by atoms with Crippen LogP contribution in [0.2, 0.25) is 0 Å². The maximum Gasteiger partial charge on any atom is 0.255 e. The molecule has 8 heteroatoms. The van der Waals surface area contributed by atoms with Crippen molar-refractivity contribution >= 4 is 11.8 Å². The number of benzene rings is 1. The van der Waals surface area contributed by atoms with E-state index in [1.165, 1.54) is 0 Å². The van der Waals surface area contributed by atoms with Gasteiger partial charge in [0.05, 0.1) is 12.2 Å². The number of aromatic nitrogens is 2. The molecule has 1 fully saturated rings. The van der Waals surface area contributed by atoms with E-state index in [0.717, 1.165) is 64.5 Å². The number of aryl methyl sites for hydroxylation is 2. The summed E-state index contributed by atoms with van der Waals surface area (Å²) in [5.41, 5.74) is 0.621. The van der Waals surface area contributed by atoms with E-state index in [2.05, 4.69) is 15.5 Å². The lowest BCUT2D eigenvalue weighted by molar-refractivity contribution is -0.133. The number of nitrogens with zero attached hydrogens (tertiary/aromatic N) is 3. The van der Waals surface area contributed by atoms with Gasteiger partial charge in [-0.05, 0) is 43.2 Å². The van der Waals surface area contributed by atoms with Crippen molar-refractivity contribution in [2.45, 2.75) is 71.1 Å². The van der Waals surface area contributed by atoms with Gasteiger partial charge in [0.2, 0.25) is 11.8 Å². The summed E-state index contributed by atoms with van der Waals surface area (Å²) in [4.78, 5) is 32.0. The summed E-state index contributed by atoms with van der Waals surface area (Å²) in [6.07, 6.45) is 8.86. The highest BCUT2D eigenvalue weighted by molar-refractivity contribution is 5.96. The minimum absolute atomic E-state index is 0.0266. The van der Waals surface area contributed by atoms with Crippen molar-refractivity contribution in [1.29, 1.82) is 0 Å². The van der Waals surface area contributed by atoms with Gasteiger partial charge in [-0.3, -0.25) is 9.59 Å². The summed E-state index contributed by atoms with van der Waals surface area (Å²) in [7, 11) is 0. The van der Waals surface area contributed by atoms with Crippen molar-refractivity contribution in [2.75, 3.05) is 26.2 Å². The molecule has 0 atom stereocenters. The standard InChI is InChI=1S/C26H36N4O4/c1-2-22-28-23(34-29-22)11-12-24(31)30-16-14-26(15-17-30)13-7-3-4-8-18-33-21-10-6-5-9-20(21)25(32)27-19-26/h5-6,9-10H,2-4,7-8,11-19H2,1H3,(H,27,32). The van der Waals surface area contributed by atoms with Crippen molar-refractivity contribution in [3.05, 3.63) is 41.5 Å². The maximum absolute atomic E-state index is 13.0. The largest absolute Gasteiger partial charge is 0.493 e. The molecule has 2 amide bonds. The van der Waals surface area contributed by atoms with Crippen LogP contribution >= 0.6 is 0 Å². The molecule has 2 aliphatic rings. The van der Waals surface area contributed by atoms with Gasteiger partial charge in [0.1, 0.15) is 5.75 Å². The molecule has 0 bridgehead atoms. The van der Waals surface area contributed by atoms with Crippen LogP contribution in [-0.2, 0) is 17.6 Å². The number of ether oxygens (including phenoxy) is 1. The normalized spacial score (nSPS) is 19.2. The molecule has 0 unspecified atom stereocenters. The zero-order valence-corrected chi connectivity index (χ0v) is 20.2. The van der Waals surface area contributed by atoms with Crippen molar-refractivity contribution in [2.24, 2.45) is 5.41 Å². The number of carbonyl (C=O) groups is 2. The van der Waals surface area contributed by atoms with E-state index >= 15 is 0 Å². The van der Waals surface area contributed by atoms with Gasteiger partial charge < -0.3 is 19.5 Å². The second kappa shape index (κ2) is 11.5.